The predicted molar refractivity (Wildman–Crippen MR) is 107 cm³/mol. The van der Waals surface area contributed by atoms with Crippen LogP contribution in [0.3, 0.4) is 0 Å². The fraction of sp³-hybridized carbons (Fsp3) is 0.952. The Morgan fingerprint density at radius 1 is 1.12 bits per heavy atom. The van der Waals surface area contributed by atoms with Gasteiger partial charge in [-0.2, -0.15) is 11.8 Å². The molecule has 0 heterocycles. The number of aliphatic hydroxyl groups excluding tert-OH is 1. The summed E-state index contributed by atoms with van der Waals surface area (Å²) >= 11 is 1.72. The minimum absolute atomic E-state index is 0.0367. The van der Waals surface area contributed by atoms with Gasteiger partial charge >= 0.3 is 6.09 Å². The summed E-state index contributed by atoms with van der Waals surface area (Å²) in [7, 11) is 0. The van der Waals surface area contributed by atoms with Crippen LogP contribution in [-0.4, -0.2) is 51.9 Å². The van der Waals surface area contributed by atoms with Crippen molar-refractivity contribution in [3.63, 3.8) is 0 Å². The van der Waals surface area contributed by atoms with Crippen molar-refractivity contribution in [1.29, 1.82) is 0 Å². The van der Waals surface area contributed by atoms with Gasteiger partial charge < -0.3 is 14.7 Å². The molecule has 150 valence electrons. The molecule has 0 spiro atoms. The van der Waals surface area contributed by atoms with Crippen LogP contribution < -0.4 is 0 Å². The molecule has 4 bridgehead atoms. The highest BCUT2D eigenvalue weighted by molar-refractivity contribution is 7.99. The van der Waals surface area contributed by atoms with E-state index in [-0.39, 0.29) is 18.2 Å². The van der Waals surface area contributed by atoms with Crippen LogP contribution in [0.1, 0.15) is 73.1 Å². The van der Waals surface area contributed by atoms with Crippen molar-refractivity contribution in [2.75, 3.05) is 24.7 Å². The molecule has 4 atom stereocenters. The number of ether oxygens (including phenoxy) is 1. The molecule has 1 N–H and O–H groups in total. The molecule has 5 heteroatoms. The van der Waals surface area contributed by atoms with E-state index in [0.717, 1.165) is 43.2 Å². The molecule has 0 aromatic heterocycles. The number of thioether (sulfide) groups is 1. The summed E-state index contributed by atoms with van der Waals surface area (Å²) in [6.45, 7) is 11.7. The third kappa shape index (κ3) is 4.19. The Kier molecular flexibility index (Phi) is 5.37. The second kappa shape index (κ2) is 6.88. The first kappa shape index (κ1) is 20.3. The molecule has 4 aliphatic carbocycles. The Morgan fingerprint density at radius 2 is 1.73 bits per heavy atom. The minimum Gasteiger partial charge on any atom is -0.444 e. The molecule has 4 rings (SSSR count). The highest BCUT2D eigenvalue weighted by Gasteiger charge is 2.62. The second-order valence-corrected chi connectivity index (χ2v) is 12.0. The van der Waals surface area contributed by atoms with Gasteiger partial charge in [-0.25, -0.2) is 4.79 Å². The van der Waals surface area contributed by atoms with Gasteiger partial charge in [-0.3, -0.25) is 0 Å². The first-order chi connectivity index (χ1) is 12.0. The van der Waals surface area contributed by atoms with Crippen LogP contribution >= 0.6 is 11.8 Å². The van der Waals surface area contributed by atoms with Crippen LogP contribution in [0.5, 0.6) is 0 Å². The van der Waals surface area contributed by atoms with Crippen LogP contribution in [0, 0.1) is 16.7 Å². The molecule has 0 saturated heterocycles. The van der Waals surface area contributed by atoms with E-state index in [2.05, 4.69) is 18.7 Å². The Bertz CT molecular complexity index is 526. The van der Waals surface area contributed by atoms with Crippen molar-refractivity contribution in [1.82, 2.24) is 4.90 Å². The number of carbonyl (C=O) groups is 1. The SMILES string of the molecule is CC(C)(C)OC(=O)N(CCSCCO)C12CC3C[C@@](C)(C1)C[C@](C)(C3)C2. The first-order valence-corrected chi connectivity index (χ1v) is 11.3. The van der Waals surface area contributed by atoms with Gasteiger partial charge in [0.1, 0.15) is 5.60 Å². The van der Waals surface area contributed by atoms with Crippen LogP contribution in [0.15, 0.2) is 0 Å². The maximum absolute atomic E-state index is 13.2. The van der Waals surface area contributed by atoms with Gasteiger partial charge in [0.2, 0.25) is 0 Å². The highest BCUT2D eigenvalue weighted by atomic mass is 32.2. The molecular weight excluding hydrogens is 346 g/mol. The van der Waals surface area contributed by atoms with Crippen LogP contribution in [0.2, 0.25) is 0 Å². The van der Waals surface area contributed by atoms with Crippen molar-refractivity contribution in [3.05, 3.63) is 0 Å². The van der Waals surface area contributed by atoms with Gasteiger partial charge in [0.05, 0.1) is 6.61 Å². The normalized spacial score (nSPS) is 38.5. The van der Waals surface area contributed by atoms with E-state index >= 15 is 0 Å². The zero-order valence-corrected chi connectivity index (χ0v) is 18.1. The van der Waals surface area contributed by atoms with Gasteiger partial charge in [-0.05, 0) is 76.0 Å². The second-order valence-electron chi connectivity index (χ2n) is 10.8. The molecule has 0 aliphatic heterocycles. The van der Waals surface area contributed by atoms with E-state index in [1.807, 2.05) is 20.8 Å². The van der Waals surface area contributed by atoms with Gasteiger partial charge in [0.25, 0.3) is 0 Å². The summed E-state index contributed by atoms with van der Waals surface area (Å²) < 4.78 is 5.84. The lowest BCUT2D eigenvalue weighted by atomic mass is 9.42. The van der Waals surface area contributed by atoms with Crippen molar-refractivity contribution in [2.24, 2.45) is 16.7 Å². The lowest BCUT2D eigenvalue weighted by Gasteiger charge is -2.67. The third-order valence-corrected chi connectivity index (χ3v) is 7.42. The van der Waals surface area contributed by atoms with Gasteiger partial charge in [0, 0.05) is 23.6 Å². The van der Waals surface area contributed by atoms with Crippen molar-refractivity contribution in [2.45, 2.75) is 84.3 Å². The quantitative estimate of drug-likeness (QED) is 0.676. The third-order valence-electron chi connectivity index (χ3n) is 6.48. The predicted octanol–water partition coefficient (Wildman–Crippen LogP) is 4.70. The fourth-order valence-electron chi connectivity index (χ4n) is 6.85. The molecule has 26 heavy (non-hydrogen) atoms. The molecule has 1 amide bonds. The van der Waals surface area contributed by atoms with Gasteiger partial charge in [-0.1, -0.05) is 13.8 Å². The molecule has 4 fully saturated rings. The number of hydrogen-bond acceptors (Lipinski definition) is 4. The van der Waals surface area contributed by atoms with Crippen LogP contribution in [-0.2, 0) is 4.74 Å². The largest absolute Gasteiger partial charge is 0.444 e. The maximum atomic E-state index is 13.2. The summed E-state index contributed by atoms with van der Waals surface area (Å²) in [5.74, 6) is 2.34. The Labute approximate surface area is 163 Å². The Hall–Kier alpha value is -0.420. The van der Waals surface area contributed by atoms with E-state index in [9.17, 15) is 4.79 Å². The summed E-state index contributed by atoms with van der Waals surface area (Å²) in [6.07, 6.45) is 7.20. The summed E-state index contributed by atoms with van der Waals surface area (Å²) in [4.78, 5) is 15.3. The van der Waals surface area contributed by atoms with E-state index < -0.39 is 5.60 Å². The van der Waals surface area contributed by atoms with E-state index in [4.69, 9.17) is 9.84 Å². The van der Waals surface area contributed by atoms with Gasteiger partial charge in [-0.15, -0.1) is 0 Å². The maximum Gasteiger partial charge on any atom is 0.410 e. The smallest absolute Gasteiger partial charge is 0.410 e. The zero-order chi connectivity index (χ0) is 19.2. The first-order valence-electron chi connectivity index (χ1n) is 10.2. The van der Waals surface area contributed by atoms with E-state index in [1.165, 1.54) is 19.3 Å². The molecule has 0 aromatic carbocycles. The molecule has 4 nitrogen and oxygen atoms in total. The number of rotatable bonds is 6. The van der Waals surface area contributed by atoms with Crippen LogP contribution in [0.25, 0.3) is 0 Å². The van der Waals surface area contributed by atoms with Crippen LogP contribution in [0.4, 0.5) is 4.79 Å². The number of amides is 1. The number of hydrogen-bond donors (Lipinski definition) is 1. The minimum atomic E-state index is -0.469. The lowest BCUT2D eigenvalue weighted by Crippen LogP contribution is -2.66. The van der Waals surface area contributed by atoms with E-state index in [0.29, 0.717) is 10.8 Å². The average Bonchev–Trinajstić information content (AvgIpc) is 2.40. The Balaban J connectivity index is 1.84. The zero-order valence-electron chi connectivity index (χ0n) is 17.3. The Morgan fingerprint density at radius 3 is 2.23 bits per heavy atom. The summed E-state index contributed by atoms with van der Waals surface area (Å²) in [5, 5.41) is 9.07. The molecule has 0 aromatic rings. The summed E-state index contributed by atoms with van der Waals surface area (Å²) in [5.41, 5.74) is 0.230. The molecular formula is C21H37NO3S. The topological polar surface area (TPSA) is 49.8 Å². The van der Waals surface area contributed by atoms with Gasteiger partial charge in [0.15, 0.2) is 0 Å². The molecule has 4 saturated carbocycles. The number of carbonyl (C=O) groups excluding carboxylic acids is 1. The molecule has 0 radical (unpaired) electrons. The fourth-order valence-corrected chi connectivity index (χ4v) is 7.49. The number of nitrogens with zero attached hydrogens (tertiary/aromatic N) is 1. The van der Waals surface area contributed by atoms with Crippen molar-refractivity contribution >= 4 is 17.9 Å². The average molecular weight is 384 g/mol. The number of aliphatic hydroxyl groups is 1. The van der Waals surface area contributed by atoms with Crippen molar-refractivity contribution in [3.8, 4) is 0 Å². The van der Waals surface area contributed by atoms with Crippen molar-refractivity contribution < 1.29 is 14.6 Å². The molecule has 4 aliphatic rings. The van der Waals surface area contributed by atoms with E-state index in [1.54, 1.807) is 11.8 Å². The lowest BCUT2D eigenvalue weighted by molar-refractivity contribution is -0.155. The summed E-state index contributed by atoms with van der Waals surface area (Å²) in [6, 6.07) is 0. The standard InChI is InChI=1S/C21H37NO3S/c1-18(2,3)25-17(24)22(6-8-26-9-7-23)21-12-16-10-19(4,14-21)13-20(5,11-16)15-21/h16,23H,6-15H2,1-5H3/t16?,19-,20+,21?. The molecule has 2 unspecified atom stereocenters. The monoisotopic (exact) mass is 383 g/mol. The highest BCUT2D eigenvalue weighted by Crippen LogP contribution is 2.67.